The minimum Gasteiger partial charge on any atom is -0.493 e. The predicted molar refractivity (Wildman–Crippen MR) is 111 cm³/mol. The van der Waals surface area contributed by atoms with Crippen molar-refractivity contribution in [2.75, 3.05) is 47.5 Å². The van der Waals surface area contributed by atoms with E-state index in [-0.39, 0.29) is 5.91 Å². The number of amides is 1. The molecule has 2 aromatic rings. The maximum absolute atomic E-state index is 12.6. The molecule has 1 aromatic heterocycles. The van der Waals surface area contributed by atoms with Crippen LogP contribution in [-0.2, 0) is 11.3 Å². The largest absolute Gasteiger partial charge is 0.493 e. The number of hydrogen-bond acceptors (Lipinski definition) is 6. The van der Waals surface area contributed by atoms with Gasteiger partial charge in [0.15, 0.2) is 11.5 Å². The lowest BCUT2D eigenvalue weighted by atomic mass is 10.1. The second-order valence-electron chi connectivity index (χ2n) is 6.75. The summed E-state index contributed by atoms with van der Waals surface area (Å²) in [5, 5.41) is 0. The first kappa shape index (κ1) is 20.7. The molecule has 0 bridgehead atoms. The second-order valence-corrected chi connectivity index (χ2v) is 6.75. The Hall–Kier alpha value is -3.06. The lowest BCUT2D eigenvalue weighted by molar-refractivity contribution is -0.127. The highest BCUT2D eigenvalue weighted by Gasteiger charge is 2.20. The Morgan fingerprint density at radius 3 is 2.31 bits per heavy atom. The fraction of sp³-hybridized carbons (Fsp3) is 0.364. The molecule has 0 atom stereocenters. The molecule has 2 heterocycles. The van der Waals surface area contributed by atoms with Crippen LogP contribution in [0, 0.1) is 0 Å². The topological polar surface area (TPSA) is 64.1 Å². The van der Waals surface area contributed by atoms with Gasteiger partial charge >= 0.3 is 0 Å². The van der Waals surface area contributed by atoms with E-state index in [0.29, 0.717) is 30.3 Å². The third kappa shape index (κ3) is 5.26. The van der Waals surface area contributed by atoms with E-state index in [0.717, 1.165) is 25.2 Å². The SMILES string of the molecule is COc1cc(C=CC(=O)N2CCN(Cc3cccnc3)CC2)cc(OC)c1OC. The summed E-state index contributed by atoms with van der Waals surface area (Å²) in [6.45, 7) is 3.96. The Labute approximate surface area is 171 Å². The summed E-state index contributed by atoms with van der Waals surface area (Å²) in [6, 6.07) is 7.65. The number of rotatable bonds is 7. The van der Waals surface area contributed by atoms with Gasteiger partial charge in [-0.2, -0.15) is 0 Å². The number of methoxy groups -OCH3 is 3. The van der Waals surface area contributed by atoms with Gasteiger partial charge in [-0.15, -0.1) is 0 Å². The number of nitrogens with zero attached hydrogens (tertiary/aromatic N) is 3. The Balaban J connectivity index is 1.59. The number of carbonyl (C=O) groups excluding carboxylic acids is 1. The van der Waals surface area contributed by atoms with Crippen molar-refractivity contribution in [1.29, 1.82) is 0 Å². The first-order valence-electron chi connectivity index (χ1n) is 9.53. The Morgan fingerprint density at radius 2 is 1.76 bits per heavy atom. The summed E-state index contributed by atoms with van der Waals surface area (Å²) in [4.78, 5) is 21.0. The van der Waals surface area contributed by atoms with E-state index in [1.54, 1.807) is 39.7 Å². The summed E-state index contributed by atoms with van der Waals surface area (Å²) in [5.74, 6) is 1.65. The quantitative estimate of drug-likeness (QED) is 0.669. The highest BCUT2D eigenvalue weighted by Crippen LogP contribution is 2.38. The first-order valence-corrected chi connectivity index (χ1v) is 9.53. The molecular weight excluding hydrogens is 370 g/mol. The van der Waals surface area contributed by atoms with Crippen molar-refractivity contribution < 1.29 is 19.0 Å². The third-order valence-electron chi connectivity index (χ3n) is 4.92. The van der Waals surface area contributed by atoms with Crippen LogP contribution < -0.4 is 14.2 Å². The Kier molecular flexibility index (Phi) is 7.08. The molecule has 0 saturated carbocycles. The zero-order valence-corrected chi connectivity index (χ0v) is 17.1. The summed E-state index contributed by atoms with van der Waals surface area (Å²) in [6.07, 6.45) is 7.03. The van der Waals surface area contributed by atoms with Crippen LogP contribution in [0.25, 0.3) is 6.08 Å². The van der Waals surface area contributed by atoms with E-state index in [2.05, 4.69) is 16.0 Å². The van der Waals surface area contributed by atoms with E-state index in [1.165, 1.54) is 5.56 Å². The summed E-state index contributed by atoms with van der Waals surface area (Å²) in [5.41, 5.74) is 2.00. The number of piperazine rings is 1. The van der Waals surface area contributed by atoms with Gasteiger partial charge in [0.1, 0.15) is 0 Å². The Morgan fingerprint density at radius 1 is 1.07 bits per heavy atom. The molecule has 1 aliphatic heterocycles. The van der Waals surface area contributed by atoms with Crippen molar-refractivity contribution in [3.05, 3.63) is 53.9 Å². The molecule has 1 fully saturated rings. The summed E-state index contributed by atoms with van der Waals surface area (Å²) < 4.78 is 16.0. The van der Waals surface area contributed by atoms with Crippen LogP contribution >= 0.6 is 0 Å². The molecule has 154 valence electrons. The molecule has 1 aliphatic rings. The van der Waals surface area contributed by atoms with Crippen molar-refractivity contribution in [2.45, 2.75) is 6.54 Å². The molecule has 1 amide bonds. The maximum atomic E-state index is 12.6. The number of benzene rings is 1. The van der Waals surface area contributed by atoms with Gasteiger partial charge in [0.2, 0.25) is 11.7 Å². The van der Waals surface area contributed by atoms with E-state index in [4.69, 9.17) is 14.2 Å². The molecule has 29 heavy (non-hydrogen) atoms. The van der Waals surface area contributed by atoms with E-state index < -0.39 is 0 Å². The smallest absolute Gasteiger partial charge is 0.246 e. The van der Waals surface area contributed by atoms with Crippen molar-refractivity contribution in [2.24, 2.45) is 0 Å². The van der Waals surface area contributed by atoms with Gasteiger partial charge in [0.25, 0.3) is 0 Å². The molecule has 3 rings (SSSR count). The van der Waals surface area contributed by atoms with Gasteiger partial charge in [-0.05, 0) is 35.4 Å². The van der Waals surface area contributed by atoms with Crippen molar-refractivity contribution >= 4 is 12.0 Å². The van der Waals surface area contributed by atoms with Crippen LogP contribution in [0.4, 0.5) is 0 Å². The minimum absolute atomic E-state index is 0.000204. The van der Waals surface area contributed by atoms with Crippen LogP contribution in [0.3, 0.4) is 0 Å². The lowest BCUT2D eigenvalue weighted by Gasteiger charge is -2.34. The minimum atomic E-state index is -0.000204. The van der Waals surface area contributed by atoms with Crippen LogP contribution in [0.15, 0.2) is 42.7 Å². The van der Waals surface area contributed by atoms with E-state index >= 15 is 0 Å². The third-order valence-corrected chi connectivity index (χ3v) is 4.92. The standard InChI is InChI=1S/C22H27N3O4/c1-27-19-13-17(14-20(28-2)22(19)29-3)6-7-21(26)25-11-9-24(10-12-25)16-18-5-4-8-23-15-18/h4-8,13-15H,9-12,16H2,1-3H3. The van der Waals surface area contributed by atoms with Crippen molar-refractivity contribution in [1.82, 2.24) is 14.8 Å². The van der Waals surface area contributed by atoms with Gasteiger partial charge < -0.3 is 19.1 Å². The predicted octanol–water partition coefficient (Wildman–Crippen LogP) is 2.47. The highest BCUT2D eigenvalue weighted by atomic mass is 16.5. The molecule has 7 nitrogen and oxygen atoms in total. The fourth-order valence-corrected chi connectivity index (χ4v) is 3.35. The zero-order valence-electron chi connectivity index (χ0n) is 17.1. The van der Waals surface area contributed by atoms with Crippen molar-refractivity contribution in [3.8, 4) is 17.2 Å². The molecular formula is C22H27N3O4. The molecule has 0 aliphatic carbocycles. The van der Waals surface area contributed by atoms with Gasteiger partial charge in [-0.1, -0.05) is 6.07 Å². The molecule has 0 spiro atoms. The van der Waals surface area contributed by atoms with Gasteiger partial charge in [-0.3, -0.25) is 14.7 Å². The first-order chi connectivity index (χ1) is 14.1. The fourth-order valence-electron chi connectivity index (χ4n) is 3.35. The highest BCUT2D eigenvalue weighted by molar-refractivity contribution is 5.92. The second kappa shape index (κ2) is 9.93. The number of aromatic nitrogens is 1. The summed E-state index contributed by atoms with van der Waals surface area (Å²) in [7, 11) is 4.70. The van der Waals surface area contributed by atoms with Crippen LogP contribution in [-0.4, -0.2) is 68.2 Å². The van der Waals surface area contributed by atoms with Crippen LogP contribution in [0.2, 0.25) is 0 Å². The average Bonchev–Trinajstić information content (AvgIpc) is 2.77. The zero-order chi connectivity index (χ0) is 20.6. The normalized spacial score (nSPS) is 14.8. The number of pyridine rings is 1. The lowest BCUT2D eigenvalue weighted by Crippen LogP contribution is -2.47. The summed E-state index contributed by atoms with van der Waals surface area (Å²) >= 11 is 0. The van der Waals surface area contributed by atoms with Gasteiger partial charge in [0.05, 0.1) is 21.3 Å². The van der Waals surface area contributed by atoms with E-state index in [1.807, 2.05) is 29.3 Å². The van der Waals surface area contributed by atoms with Crippen LogP contribution in [0.5, 0.6) is 17.2 Å². The van der Waals surface area contributed by atoms with E-state index in [9.17, 15) is 4.79 Å². The number of carbonyl (C=O) groups is 1. The molecule has 1 saturated heterocycles. The number of hydrogen-bond donors (Lipinski definition) is 0. The molecule has 1 aromatic carbocycles. The van der Waals surface area contributed by atoms with Gasteiger partial charge in [0, 0.05) is 51.2 Å². The van der Waals surface area contributed by atoms with Crippen molar-refractivity contribution in [3.63, 3.8) is 0 Å². The average molecular weight is 397 g/mol. The molecule has 0 unspecified atom stereocenters. The molecule has 7 heteroatoms. The van der Waals surface area contributed by atoms with Crippen LogP contribution in [0.1, 0.15) is 11.1 Å². The maximum Gasteiger partial charge on any atom is 0.246 e. The van der Waals surface area contributed by atoms with Gasteiger partial charge in [-0.25, -0.2) is 0 Å². The molecule has 0 radical (unpaired) electrons. The number of ether oxygens (including phenoxy) is 3. The molecule has 0 N–H and O–H groups in total. The monoisotopic (exact) mass is 397 g/mol. The Bertz CT molecular complexity index is 821.